The van der Waals surface area contributed by atoms with E-state index in [2.05, 4.69) is 21.6 Å². The second kappa shape index (κ2) is 8.43. The van der Waals surface area contributed by atoms with Crippen molar-refractivity contribution in [2.24, 2.45) is 0 Å². The minimum Gasteiger partial charge on any atom is -0.296 e. The molecule has 3 aromatic rings. The van der Waals surface area contributed by atoms with E-state index in [0.717, 1.165) is 29.0 Å². The highest BCUT2D eigenvalue weighted by Crippen LogP contribution is 2.29. The normalized spacial score (nSPS) is 10.4. The molecule has 1 amide bonds. The zero-order valence-electron chi connectivity index (χ0n) is 13.4. The molecular weight excluding hydrogens is 414 g/mol. The molecule has 0 bridgehead atoms. The average Bonchev–Trinajstić information content (AvgIpc) is 3.10. The number of amides is 1. The second-order valence-corrected chi connectivity index (χ2v) is 7.78. The summed E-state index contributed by atoms with van der Waals surface area (Å²) in [6, 6.07) is 10.7. The highest BCUT2D eigenvalue weighted by molar-refractivity contribution is 8.00. The number of anilines is 1. The predicted octanol–water partition coefficient (Wildman–Crippen LogP) is 4.89. The number of hydrogen-bond acceptors (Lipinski definition) is 6. The fourth-order valence-electron chi connectivity index (χ4n) is 2.00. The van der Waals surface area contributed by atoms with E-state index >= 15 is 0 Å². The van der Waals surface area contributed by atoms with E-state index in [0.29, 0.717) is 15.7 Å². The van der Waals surface area contributed by atoms with Gasteiger partial charge in [0, 0.05) is 5.75 Å². The highest BCUT2D eigenvalue weighted by Gasteiger charge is 2.17. The van der Waals surface area contributed by atoms with Crippen molar-refractivity contribution in [2.45, 2.75) is 10.1 Å². The number of halogens is 3. The molecule has 0 saturated heterocycles. The van der Waals surface area contributed by atoms with Gasteiger partial charge in [0.15, 0.2) is 16.0 Å². The zero-order valence-corrected chi connectivity index (χ0v) is 15.8. The molecule has 3 rings (SSSR count). The summed E-state index contributed by atoms with van der Waals surface area (Å²) in [6.07, 6.45) is 0. The number of carbonyl (C=O) groups excluding carboxylic acids is 1. The van der Waals surface area contributed by atoms with Crippen LogP contribution in [-0.2, 0) is 5.75 Å². The molecule has 0 aliphatic heterocycles. The van der Waals surface area contributed by atoms with Crippen LogP contribution in [0.2, 0.25) is 5.02 Å². The summed E-state index contributed by atoms with van der Waals surface area (Å²) in [4.78, 5) is 12.2. The molecule has 0 fully saturated rings. The topological polar surface area (TPSA) is 78.7 Å². The number of nitrogens with zero attached hydrogens (tertiary/aromatic N) is 3. The first kappa shape index (κ1) is 19.2. The molecule has 27 heavy (non-hydrogen) atoms. The van der Waals surface area contributed by atoms with Gasteiger partial charge in [-0.1, -0.05) is 46.8 Å². The van der Waals surface area contributed by atoms with E-state index < -0.39 is 17.5 Å². The summed E-state index contributed by atoms with van der Waals surface area (Å²) < 4.78 is 27.0. The van der Waals surface area contributed by atoms with Gasteiger partial charge < -0.3 is 0 Å². The van der Waals surface area contributed by atoms with Crippen molar-refractivity contribution in [1.29, 1.82) is 5.26 Å². The third kappa shape index (κ3) is 4.80. The first-order valence-electron chi connectivity index (χ1n) is 7.37. The number of rotatable bonds is 5. The summed E-state index contributed by atoms with van der Waals surface area (Å²) in [7, 11) is 0. The van der Waals surface area contributed by atoms with E-state index in [9.17, 15) is 13.6 Å². The Kier molecular flexibility index (Phi) is 6.01. The molecule has 0 spiro atoms. The van der Waals surface area contributed by atoms with Crippen molar-refractivity contribution in [3.05, 3.63) is 69.7 Å². The van der Waals surface area contributed by atoms with Gasteiger partial charge in [0.1, 0.15) is 0 Å². The second-order valence-electron chi connectivity index (χ2n) is 5.17. The maximum absolute atomic E-state index is 13.3. The van der Waals surface area contributed by atoms with Crippen LogP contribution in [0.15, 0.2) is 40.7 Å². The monoisotopic (exact) mass is 422 g/mol. The third-order valence-corrected chi connectivity index (χ3v) is 5.68. The van der Waals surface area contributed by atoms with E-state index in [1.807, 2.05) is 12.1 Å². The van der Waals surface area contributed by atoms with Crippen LogP contribution in [0.4, 0.5) is 13.9 Å². The Balaban J connectivity index is 1.63. The number of carbonyl (C=O) groups is 1. The zero-order chi connectivity index (χ0) is 19.4. The lowest BCUT2D eigenvalue weighted by Gasteiger charge is -2.04. The molecule has 136 valence electrons. The third-order valence-electron chi connectivity index (χ3n) is 3.33. The van der Waals surface area contributed by atoms with Gasteiger partial charge in [-0.15, -0.1) is 10.2 Å². The van der Waals surface area contributed by atoms with Crippen molar-refractivity contribution < 1.29 is 13.6 Å². The number of hydrogen-bond donors (Lipinski definition) is 1. The number of nitrogens with one attached hydrogen (secondary N) is 1. The van der Waals surface area contributed by atoms with Gasteiger partial charge in [-0.3, -0.25) is 10.1 Å². The minimum atomic E-state index is -1.17. The van der Waals surface area contributed by atoms with E-state index in [-0.39, 0.29) is 15.7 Å². The van der Waals surface area contributed by atoms with Gasteiger partial charge in [0.05, 0.1) is 22.2 Å². The van der Waals surface area contributed by atoms with E-state index in [1.54, 1.807) is 12.1 Å². The van der Waals surface area contributed by atoms with Crippen LogP contribution < -0.4 is 5.32 Å². The van der Waals surface area contributed by atoms with E-state index in [4.69, 9.17) is 16.9 Å². The number of nitriles is 1. The molecule has 0 atom stereocenters. The summed E-state index contributed by atoms with van der Waals surface area (Å²) in [5.41, 5.74) is 1.39. The van der Waals surface area contributed by atoms with Crippen LogP contribution in [0.5, 0.6) is 0 Å². The Labute approximate surface area is 166 Å². The Morgan fingerprint density at radius 3 is 2.63 bits per heavy atom. The Bertz CT molecular complexity index is 1030. The standard InChI is InChI=1S/C17H9ClF2N4OS2/c18-12-6-14(20)13(19)5-11(12)15(25)22-16-23-24-17(27-16)26-8-10-3-1-9(7-21)2-4-10/h1-6H,8H2,(H,22,23,25). The fourth-order valence-corrected chi connectivity index (χ4v) is 3.94. The van der Waals surface area contributed by atoms with Gasteiger partial charge in [0.25, 0.3) is 5.91 Å². The van der Waals surface area contributed by atoms with Crippen LogP contribution >= 0.6 is 34.7 Å². The molecule has 0 aliphatic carbocycles. The number of benzene rings is 2. The van der Waals surface area contributed by atoms with Crippen LogP contribution in [0.3, 0.4) is 0 Å². The minimum absolute atomic E-state index is 0.197. The smallest absolute Gasteiger partial charge is 0.259 e. The van der Waals surface area contributed by atoms with Gasteiger partial charge >= 0.3 is 0 Å². The lowest BCUT2D eigenvalue weighted by atomic mass is 10.2. The molecule has 10 heteroatoms. The first-order valence-corrected chi connectivity index (χ1v) is 9.55. The number of aromatic nitrogens is 2. The molecule has 1 N–H and O–H groups in total. The predicted molar refractivity (Wildman–Crippen MR) is 99.9 cm³/mol. The molecule has 2 aromatic carbocycles. The van der Waals surface area contributed by atoms with Crippen molar-refractivity contribution >= 4 is 45.7 Å². The van der Waals surface area contributed by atoms with E-state index in [1.165, 1.54) is 11.8 Å². The maximum atomic E-state index is 13.3. The molecule has 0 aliphatic rings. The van der Waals surface area contributed by atoms with Gasteiger partial charge in [-0.2, -0.15) is 5.26 Å². The first-order chi connectivity index (χ1) is 13.0. The average molecular weight is 423 g/mol. The van der Waals surface area contributed by atoms with Crippen LogP contribution in [-0.4, -0.2) is 16.1 Å². The molecular formula is C17H9ClF2N4OS2. The van der Waals surface area contributed by atoms with Crippen LogP contribution in [0.1, 0.15) is 21.5 Å². The SMILES string of the molecule is N#Cc1ccc(CSc2nnc(NC(=O)c3cc(F)c(F)cc3Cl)s2)cc1. The Morgan fingerprint density at radius 2 is 1.93 bits per heavy atom. The van der Waals surface area contributed by atoms with Gasteiger partial charge in [0.2, 0.25) is 5.13 Å². The lowest BCUT2D eigenvalue weighted by Crippen LogP contribution is -2.13. The number of thioether (sulfide) groups is 1. The summed E-state index contributed by atoms with van der Waals surface area (Å²) in [5, 5.41) is 19.1. The molecule has 0 radical (unpaired) electrons. The van der Waals surface area contributed by atoms with Gasteiger partial charge in [-0.05, 0) is 29.8 Å². The Morgan fingerprint density at radius 1 is 1.22 bits per heavy atom. The molecule has 0 unspecified atom stereocenters. The maximum Gasteiger partial charge on any atom is 0.259 e. The largest absolute Gasteiger partial charge is 0.296 e. The highest BCUT2D eigenvalue weighted by atomic mass is 35.5. The van der Waals surface area contributed by atoms with Crippen molar-refractivity contribution in [3.8, 4) is 6.07 Å². The molecule has 1 heterocycles. The summed E-state index contributed by atoms with van der Waals surface area (Å²) >= 11 is 8.34. The Hall–Kier alpha value is -2.54. The van der Waals surface area contributed by atoms with Crippen LogP contribution in [0.25, 0.3) is 0 Å². The molecule has 0 saturated carbocycles. The van der Waals surface area contributed by atoms with Crippen molar-refractivity contribution in [1.82, 2.24) is 10.2 Å². The summed E-state index contributed by atoms with van der Waals surface area (Å²) in [6.45, 7) is 0. The molecule has 5 nitrogen and oxygen atoms in total. The fraction of sp³-hybridized carbons (Fsp3) is 0.0588. The van der Waals surface area contributed by atoms with Crippen molar-refractivity contribution in [3.63, 3.8) is 0 Å². The van der Waals surface area contributed by atoms with Crippen LogP contribution in [0, 0.1) is 23.0 Å². The molecule has 1 aromatic heterocycles. The van der Waals surface area contributed by atoms with Gasteiger partial charge in [-0.25, -0.2) is 8.78 Å². The summed E-state index contributed by atoms with van der Waals surface area (Å²) in [5.74, 6) is -2.39. The lowest BCUT2D eigenvalue weighted by molar-refractivity contribution is 0.102. The van der Waals surface area contributed by atoms with Crippen molar-refractivity contribution in [2.75, 3.05) is 5.32 Å². The quantitative estimate of drug-likeness (QED) is 0.360.